The summed E-state index contributed by atoms with van der Waals surface area (Å²) >= 11 is 6.72. The zero-order chi connectivity index (χ0) is 29.9. The molecule has 0 aliphatic carbocycles. The topological polar surface area (TPSA) is 102 Å². The Bertz CT molecular complexity index is 1580. The predicted octanol–water partition coefficient (Wildman–Crippen LogP) is 4.00. The largest absolute Gasteiger partial charge is 0.416 e. The second kappa shape index (κ2) is 10.5. The van der Waals surface area contributed by atoms with E-state index in [0.717, 1.165) is 33.9 Å². The average molecular weight is 601 g/mol. The minimum absolute atomic E-state index is 0.0535. The molecule has 5 heterocycles. The standard InChI is InChI=1S/C29H28ClF3N6O3/c1-15-6-19(29(31,32)33)9-23(36-15)39-24(41)8-18-13-38(12-16-7-17-11-34-21(14-40)25(17)35-10-16)27-20(30)4-3-5-22(27)37(2)28(42)26(18)39/h3-7,9-10,18,21,26,34,40H,8,11-14H2,1-2H3/t18-,21+,26+/m1/s1. The van der Waals surface area contributed by atoms with E-state index in [9.17, 15) is 27.9 Å². The first-order chi connectivity index (χ1) is 20.0. The van der Waals surface area contributed by atoms with Crippen LogP contribution < -0.4 is 20.0 Å². The fraction of sp³-hybridized carbons (Fsp3) is 0.379. The van der Waals surface area contributed by atoms with Gasteiger partial charge in [0.2, 0.25) is 11.8 Å². The average Bonchev–Trinajstić information content (AvgIpc) is 3.49. The SMILES string of the molecule is Cc1cc(C(F)(F)F)cc(N2C(=O)C[C@@H]3CN(Cc4cnc5c(c4)CN[C@H]5CO)c4c(Cl)cccc4N(C)C(=O)[C@H]32)n1. The summed E-state index contributed by atoms with van der Waals surface area (Å²) in [6.07, 6.45) is -2.96. The number of nitrogens with one attached hydrogen (secondary N) is 1. The van der Waals surface area contributed by atoms with Crippen LogP contribution in [0.4, 0.5) is 30.4 Å². The van der Waals surface area contributed by atoms with Gasteiger partial charge < -0.3 is 20.2 Å². The maximum atomic E-state index is 14.0. The number of hydrogen-bond donors (Lipinski definition) is 2. The number of aryl methyl sites for hydroxylation is 1. The fourth-order valence-electron chi connectivity index (χ4n) is 6.22. The fourth-order valence-corrected chi connectivity index (χ4v) is 6.51. The summed E-state index contributed by atoms with van der Waals surface area (Å²) in [5, 5.41) is 13.3. The third-order valence-corrected chi connectivity index (χ3v) is 8.41. The first kappa shape index (κ1) is 28.4. The minimum atomic E-state index is -4.64. The molecular weight excluding hydrogens is 573 g/mol. The van der Waals surface area contributed by atoms with Crippen LogP contribution in [0.5, 0.6) is 0 Å². The number of nitrogens with zero attached hydrogens (tertiary/aromatic N) is 5. The number of aromatic nitrogens is 2. The number of aliphatic hydroxyl groups excluding tert-OH is 1. The maximum Gasteiger partial charge on any atom is 0.416 e. The molecule has 3 aromatic rings. The maximum absolute atomic E-state index is 14.0. The van der Waals surface area contributed by atoms with Crippen molar-refractivity contribution in [3.63, 3.8) is 0 Å². The highest BCUT2D eigenvalue weighted by Crippen LogP contribution is 2.43. The van der Waals surface area contributed by atoms with Crippen LogP contribution in [-0.4, -0.2) is 53.1 Å². The number of rotatable bonds is 4. The summed E-state index contributed by atoms with van der Waals surface area (Å²) in [5.41, 5.74) is 2.89. The first-order valence-electron chi connectivity index (χ1n) is 13.5. The molecular formula is C29H28ClF3N6O3. The molecule has 0 bridgehead atoms. The molecule has 1 saturated heterocycles. The van der Waals surface area contributed by atoms with Gasteiger partial charge in [0.15, 0.2) is 0 Å². The van der Waals surface area contributed by atoms with Gasteiger partial charge in [-0.3, -0.25) is 19.5 Å². The van der Waals surface area contributed by atoms with E-state index in [1.807, 2.05) is 11.0 Å². The number of likely N-dealkylation sites (N-methyl/N-ethyl adjacent to an activating group) is 1. The van der Waals surface area contributed by atoms with Crippen molar-refractivity contribution in [1.29, 1.82) is 0 Å². The van der Waals surface area contributed by atoms with E-state index in [-0.39, 0.29) is 37.1 Å². The van der Waals surface area contributed by atoms with Crippen molar-refractivity contribution < 1.29 is 27.9 Å². The number of anilines is 3. The van der Waals surface area contributed by atoms with Crippen LogP contribution in [0.25, 0.3) is 0 Å². The van der Waals surface area contributed by atoms with Gasteiger partial charge in [0.25, 0.3) is 0 Å². The lowest BCUT2D eigenvalue weighted by atomic mass is 9.95. The Hall–Kier alpha value is -3.74. The van der Waals surface area contributed by atoms with Crippen molar-refractivity contribution in [3.05, 3.63) is 75.7 Å². The number of fused-ring (bicyclic) bond motifs is 3. The number of para-hydroxylation sites is 1. The Balaban J connectivity index is 1.41. The van der Waals surface area contributed by atoms with Crippen molar-refractivity contribution in [3.8, 4) is 0 Å². The Morgan fingerprint density at radius 3 is 2.71 bits per heavy atom. The molecule has 2 aromatic heterocycles. The number of halogens is 4. The Morgan fingerprint density at radius 2 is 1.98 bits per heavy atom. The van der Waals surface area contributed by atoms with Crippen LogP contribution >= 0.6 is 11.6 Å². The van der Waals surface area contributed by atoms with Crippen LogP contribution in [0.15, 0.2) is 42.6 Å². The second-order valence-electron chi connectivity index (χ2n) is 10.9. The molecule has 13 heteroatoms. The van der Waals surface area contributed by atoms with Crippen molar-refractivity contribution in [2.75, 3.05) is 34.9 Å². The molecule has 42 heavy (non-hydrogen) atoms. The summed E-state index contributed by atoms with van der Waals surface area (Å²) in [5.74, 6) is -1.67. The number of hydrogen-bond acceptors (Lipinski definition) is 7. The van der Waals surface area contributed by atoms with Gasteiger partial charge >= 0.3 is 6.18 Å². The monoisotopic (exact) mass is 600 g/mol. The van der Waals surface area contributed by atoms with Gasteiger partial charge in [0, 0.05) is 50.9 Å². The van der Waals surface area contributed by atoms with Crippen molar-refractivity contribution in [1.82, 2.24) is 15.3 Å². The highest BCUT2D eigenvalue weighted by atomic mass is 35.5. The van der Waals surface area contributed by atoms with E-state index < -0.39 is 35.5 Å². The quantitative estimate of drug-likeness (QED) is 0.467. The van der Waals surface area contributed by atoms with Crippen LogP contribution in [0.3, 0.4) is 0 Å². The third-order valence-electron chi connectivity index (χ3n) is 8.11. The van der Waals surface area contributed by atoms with Gasteiger partial charge in [-0.15, -0.1) is 0 Å². The summed E-state index contributed by atoms with van der Waals surface area (Å²) in [4.78, 5) is 40.8. The van der Waals surface area contributed by atoms with E-state index >= 15 is 0 Å². The van der Waals surface area contributed by atoms with E-state index in [1.165, 1.54) is 11.8 Å². The van der Waals surface area contributed by atoms with Crippen LogP contribution in [-0.2, 0) is 28.9 Å². The van der Waals surface area contributed by atoms with Gasteiger partial charge in [-0.25, -0.2) is 4.98 Å². The molecule has 0 radical (unpaired) electrons. The molecule has 0 saturated carbocycles. The highest BCUT2D eigenvalue weighted by molar-refractivity contribution is 6.34. The van der Waals surface area contributed by atoms with Crippen LogP contribution in [0.1, 0.15) is 40.5 Å². The third kappa shape index (κ3) is 4.87. The zero-order valence-corrected chi connectivity index (χ0v) is 23.6. The summed E-state index contributed by atoms with van der Waals surface area (Å²) < 4.78 is 41.0. The first-order valence-corrected chi connectivity index (χ1v) is 13.8. The van der Waals surface area contributed by atoms with E-state index in [2.05, 4.69) is 15.3 Å². The summed E-state index contributed by atoms with van der Waals surface area (Å²) in [6.45, 7) is 2.50. The highest BCUT2D eigenvalue weighted by Gasteiger charge is 2.49. The molecule has 1 fully saturated rings. The smallest absolute Gasteiger partial charge is 0.394 e. The number of pyridine rings is 2. The summed E-state index contributed by atoms with van der Waals surface area (Å²) in [7, 11) is 1.57. The minimum Gasteiger partial charge on any atom is -0.394 e. The van der Waals surface area contributed by atoms with Crippen LogP contribution in [0.2, 0.25) is 5.02 Å². The lowest BCUT2D eigenvalue weighted by molar-refractivity contribution is -0.137. The summed E-state index contributed by atoms with van der Waals surface area (Å²) in [6, 6.07) is 7.64. The van der Waals surface area contributed by atoms with Gasteiger partial charge in [-0.05, 0) is 48.4 Å². The van der Waals surface area contributed by atoms with Crippen molar-refractivity contribution in [2.45, 2.75) is 44.7 Å². The number of aliphatic hydroxyl groups is 1. The number of alkyl halides is 3. The molecule has 0 unspecified atom stereocenters. The van der Waals surface area contributed by atoms with Gasteiger partial charge in [-0.2, -0.15) is 13.2 Å². The molecule has 2 N–H and O–H groups in total. The molecule has 3 atom stereocenters. The molecule has 1 aromatic carbocycles. The van der Waals surface area contributed by atoms with Crippen molar-refractivity contribution >= 4 is 40.6 Å². The lowest BCUT2D eigenvalue weighted by Crippen LogP contribution is -2.52. The molecule has 2 amide bonds. The molecule has 3 aliphatic heterocycles. The molecule has 3 aliphatic rings. The number of carbonyl (C=O) groups is 2. The van der Waals surface area contributed by atoms with E-state index in [4.69, 9.17) is 11.6 Å². The van der Waals surface area contributed by atoms with Gasteiger partial charge in [0.1, 0.15) is 11.9 Å². The molecule has 0 spiro atoms. The molecule has 6 rings (SSSR count). The van der Waals surface area contributed by atoms with Gasteiger partial charge in [-0.1, -0.05) is 17.7 Å². The Kier molecular flexibility index (Phi) is 7.11. The molecule has 220 valence electrons. The Morgan fingerprint density at radius 1 is 1.19 bits per heavy atom. The Labute approximate surface area is 244 Å². The van der Waals surface area contributed by atoms with E-state index in [1.54, 1.807) is 31.4 Å². The second-order valence-corrected chi connectivity index (χ2v) is 11.3. The number of amides is 2. The zero-order valence-electron chi connectivity index (χ0n) is 22.8. The predicted molar refractivity (Wildman–Crippen MR) is 150 cm³/mol. The van der Waals surface area contributed by atoms with Crippen molar-refractivity contribution in [2.24, 2.45) is 5.92 Å². The lowest BCUT2D eigenvalue weighted by Gasteiger charge is -2.39. The van der Waals surface area contributed by atoms with Crippen LogP contribution in [0, 0.1) is 12.8 Å². The number of benzene rings is 1. The number of carbonyl (C=O) groups excluding carboxylic acids is 2. The van der Waals surface area contributed by atoms with E-state index in [0.29, 0.717) is 29.5 Å². The normalized spacial score (nSPS) is 22.2. The van der Waals surface area contributed by atoms with Gasteiger partial charge in [0.05, 0.1) is 40.3 Å². The molecule has 9 nitrogen and oxygen atoms in total.